The first-order valence-corrected chi connectivity index (χ1v) is 26.1. The predicted molar refractivity (Wildman–Crippen MR) is 254 cm³/mol. The highest BCUT2D eigenvalue weighted by Crippen LogP contribution is 2.72. The number of alkyl halides is 1. The molecule has 5 aliphatic rings. The molecule has 4 aliphatic carbocycles. The van der Waals surface area contributed by atoms with Gasteiger partial charge in [-0.15, -0.1) is 0 Å². The third-order valence-electron chi connectivity index (χ3n) is 16.0. The summed E-state index contributed by atoms with van der Waals surface area (Å²) >= 11 is 0. The maximum atomic E-state index is 17.7. The van der Waals surface area contributed by atoms with Crippen LogP contribution in [0.5, 0.6) is 0 Å². The Morgan fingerprint density at radius 2 is 1.42 bits per heavy atom. The lowest BCUT2D eigenvalue weighted by Gasteiger charge is -2.62. The lowest BCUT2D eigenvalue weighted by molar-refractivity contribution is -0.246. The summed E-state index contributed by atoms with van der Waals surface area (Å²) in [6, 6.07) is 0. The van der Waals surface area contributed by atoms with Crippen molar-refractivity contribution in [2.75, 3.05) is 39.5 Å². The monoisotopic (exact) mass is 928 g/mol. The largest absolute Gasteiger partial charge is 0.461 e. The maximum absolute atomic E-state index is 17.7. The molecule has 1 aliphatic heterocycles. The molecule has 8 atom stereocenters. The van der Waals surface area contributed by atoms with Crippen LogP contribution in [-0.4, -0.2) is 107 Å². The van der Waals surface area contributed by atoms with E-state index in [1.165, 1.54) is 69.9 Å². The Labute approximate surface area is 396 Å². The van der Waals surface area contributed by atoms with Gasteiger partial charge in [-0.05, 0) is 136 Å². The second-order valence-electron chi connectivity index (χ2n) is 21.1. The number of carbonyl (C=O) groups excluding carboxylic acids is 4. The standard InChI is InChI=1S/C54H86FNO10/c1-6-7-8-9-10-11-12-13-14-15-18-25-36-63-48(61)27-20-22-33-56(34-23-24-35-57)32-21-17-16-19-26-49(62)64-40-46(60)54-47(65-50(2,3)66-54)38-44-43-29-28-41-37-42(58)30-31-51(41,4)53(43,55)45(59)39-52(44,54)5/h18,25,30-31,37,43-45,47,57,59H,6-17,19-24,26-29,32-36,38-40H2,1-5H3/b25-18+. The molecular weight excluding hydrogens is 842 g/mol. The molecule has 0 bridgehead atoms. The summed E-state index contributed by atoms with van der Waals surface area (Å²) in [7, 11) is 0. The fourth-order valence-electron chi connectivity index (χ4n) is 12.5. The summed E-state index contributed by atoms with van der Waals surface area (Å²) in [6.45, 7) is 12.1. The van der Waals surface area contributed by atoms with Gasteiger partial charge in [0.05, 0.1) is 12.2 Å². The smallest absolute Gasteiger partial charge is 0.306 e. The van der Waals surface area contributed by atoms with Crippen LogP contribution >= 0.6 is 0 Å². The number of rotatable bonds is 31. The second-order valence-corrected chi connectivity index (χ2v) is 21.1. The molecule has 1 saturated heterocycles. The number of aliphatic hydroxyl groups excluding tert-OH is 2. The van der Waals surface area contributed by atoms with E-state index in [1.807, 2.05) is 13.0 Å². The summed E-state index contributed by atoms with van der Waals surface area (Å²) < 4.78 is 41.8. The van der Waals surface area contributed by atoms with Gasteiger partial charge in [-0.3, -0.25) is 19.2 Å². The van der Waals surface area contributed by atoms with E-state index in [0.717, 1.165) is 71.0 Å². The van der Waals surface area contributed by atoms with E-state index in [2.05, 4.69) is 17.9 Å². The van der Waals surface area contributed by atoms with Gasteiger partial charge in [-0.2, -0.15) is 0 Å². The van der Waals surface area contributed by atoms with Gasteiger partial charge >= 0.3 is 11.9 Å². The quantitative estimate of drug-likeness (QED) is 0.0389. The number of nitrogens with zero attached hydrogens (tertiary/aromatic N) is 1. The van der Waals surface area contributed by atoms with Gasteiger partial charge in [0.2, 0.25) is 5.78 Å². The second kappa shape index (κ2) is 25.2. The van der Waals surface area contributed by atoms with Crippen molar-refractivity contribution in [3.63, 3.8) is 0 Å². The maximum Gasteiger partial charge on any atom is 0.306 e. The fraction of sp³-hybridized carbons (Fsp3) is 0.815. The number of carbonyl (C=O) groups is 4. The number of Topliss-reactive ketones (excluding diaryl/α,β-unsaturated/α-hetero) is 1. The Hall–Kier alpha value is -2.77. The highest BCUT2D eigenvalue weighted by atomic mass is 19.1. The van der Waals surface area contributed by atoms with E-state index in [4.69, 9.17) is 18.9 Å². The summed E-state index contributed by atoms with van der Waals surface area (Å²) in [6.07, 6.45) is 27.8. The van der Waals surface area contributed by atoms with Crippen molar-refractivity contribution in [2.45, 2.75) is 218 Å². The zero-order valence-corrected chi connectivity index (χ0v) is 41.4. The molecule has 374 valence electrons. The third kappa shape index (κ3) is 12.9. The normalized spacial score (nSPS) is 30.8. The van der Waals surface area contributed by atoms with Gasteiger partial charge in [0.1, 0.15) is 6.61 Å². The van der Waals surface area contributed by atoms with E-state index >= 15 is 4.39 Å². The SMILES string of the molecule is CCCCCCCCCCC/C=C/COC(=O)CCCCN(CCCCO)CCCCCCC(=O)OCC(=O)C12OC(C)(C)OC1CC1C3CCC4=CC(=O)C=CC4(C)C3(F)C(O)CC12C. The average Bonchev–Trinajstić information content (AvgIpc) is 3.69. The number of hydrogen-bond donors (Lipinski definition) is 2. The third-order valence-corrected chi connectivity index (χ3v) is 16.0. The van der Waals surface area contributed by atoms with E-state index in [1.54, 1.807) is 26.8 Å². The Kier molecular flexibility index (Phi) is 20.7. The van der Waals surface area contributed by atoms with Crippen molar-refractivity contribution in [2.24, 2.45) is 22.7 Å². The van der Waals surface area contributed by atoms with Gasteiger partial charge in [-0.1, -0.05) is 102 Å². The van der Waals surface area contributed by atoms with Crippen LogP contribution in [0.1, 0.15) is 189 Å². The van der Waals surface area contributed by atoms with Crippen LogP contribution in [0.3, 0.4) is 0 Å². The highest BCUT2D eigenvalue weighted by Gasteiger charge is 2.80. The molecule has 0 aromatic heterocycles. The van der Waals surface area contributed by atoms with Gasteiger partial charge in [0, 0.05) is 36.2 Å². The molecule has 66 heavy (non-hydrogen) atoms. The lowest BCUT2D eigenvalue weighted by Crippen LogP contribution is -2.70. The van der Waals surface area contributed by atoms with E-state index in [-0.39, 0.29) is 37.1 Å². The number of esters is 2. The average molecular weight is 928 g/mol. The Balaban J connectivity index is 0.988. The zero-order chi connectivity index (χ0) is 47.9. The van der Waals surface area contributed by atoms with Crippen molar-refractivity contribution in [1.29, 1.82) is 0 Å². The number of ketones is 2. The molecule has 5 rings (SSSR count). The topological polar surface area (TPSA) is 149 Å². The van der Waals surface area contributed by atoms with Crippen molar-refractivity contribution < 1.29 is 52.7 Å². The van der Waals surface area contributed by atoms with Crippen LogP contribution in [0.15, 0.2) is 36.0 Å². The molecule has 3 saturated carbocycles. The van der Waals surface area contributed by atoms with Gasteiger partial charge in [-0.25, -0.2) is 4.39 Å². The molecule has 0 radical (unpaired) electrons. The molecule has 11 nitrogen and oxygen atoms in total. The van der Waals surface area contributed by atoms with E-state index < -0.39 is 64.4 Å². The van der Waals surface area contributed by atoms with Crippen molar-refractivity contribution in [3.05, 3.63) is 36.0 Å². The lowest BCUT2D eigenvalue weighted by atomic mass is 9.44. The summed E-state index contributed by atoms with van der Waals surface area (Å²) in [5.41, 5.74) is -5.05. The molecule has 0 spiro atoms. The Bertz CT molecular complexity index is 1700. The number of fused-ring (bicyclic) bond motifs is 7. The van der Waals surface area contributed by atoms with Gasteiger partial charge < -0.3 is 34.1 Å². The summed E-state index contributed by atoms with van der Waals surface area (Å²) in [4.78, 5) is 54.4. The molecule has 4 fully saturated rings. The number of unbranched alkanes of at least 4 members (excludes halogenated alkanes) is 14. The number of allylic oxidation sites excluding steroid dienone is 5. The number of ether oxygens (including phenoxy) is 4. The van der Waals surface area contributed by atoms with Gasteiger partial charge in [0.25, 0.3) is 0 Å². The molecule has 0 aromatic rings. The van der Waals surface area contributed by atoms with Crippen molar-refractivity contribution in [3.8, 4) is 0 Å². The van der Waals surface area contributed by atoms with Crippen LogP contribution in [0.2, 0.25) is 0 Å². The van der Waals surface area contributed by atoms with Crippen molar-refractivity contribution >= 4 is 23.5 Å². The Morgan fingerprint density at radius 3 is 2.12 bits per heavy atom. The first kappa shape index (κ1) is 54.2. The van der Waals surface area contributed by atoms with E-state index in [0.29, 0.717) is 44.3 Å². The molecule has 0 aromatic carbocycles. The molecule has 8 unspecified atom stereocenters. The first-order valence-electron chi connectivity index (χ1n) is 26.1. The summed E-state index contributed by atoms with van der Waals surface area (Å²) in [5, 5.41) is 21.2. The Morgan fingerprint density at radius 1 is 0.818 bits per heavy atom. The van der Waals surface area contributed by atoms with Gasteiger partial charge in [0.15, 0.2) is 29.4 Å². The predicted octanol–water partition coefficient (Wildman–Crippen LogP) is 10.2. The molecule has 1 heterocycles. The number of halogens is 1. The van der Waals surface area contributed by atoms with Crippen LogP contribution in [0, 0.1) is 22.7 Å². The number of hydrogen-bond acceptors (Lipinski definition) is 11. The van der Waals surface area contributed by atoms with Crippen LogP contribution in [0.25, 0.3) is 0 Å². The first-order chi connectivity index (χ1) is 31.6. The minimum atomic E-state index is -2.05. The molecule has 12 heteroatoms. The minimum absolute atomic E-state index is 0.0456. The molecule has 2 N–H and O–H groups in total. The minimum Gasteiger partial charge on any atom is -0.461 e. The zero-order valence-electron chi connectivity index (χ0n) is 41.4. The van der Waals surface area contributed by atoms with Crippen LogP contribution in [-0.2, 0) is 38.1 Å². The van der Waals surface area contributed by atoms with Crippen LogP contribution in [0.4, 0.5) is 4.39 Å². The van der Waals surface area contributed by atoms with Crippen LogP contribution < -0.4 is 0 Å². The fourth-order valence-corrected chi connectivity index (χ4v) is 12.5. The summed E-state index contributed by atoms with van der Waals surface area (Å²) in [5.74, 6) is -3.31. The van der Waals surface area contributed by atoms with E-state index in [9.17, 15) is 29.4 Å². The highest BCUT2D eigenvalue weighted by molar-refractivity contribution is 6.01. The number of aliphatic hydroxyl groups is 2. The van der Waals surface area contributed by atoms with Crippen molar-refractivity contribution in [1.82, 2.24) is 4.90 Å². The molecule has 0 amide bonds. The molecular formula is C54H86FNO10.